The number of carbonyl (C=O) groups excluding carboxylic acids is 1. The third kappa shape index (κ3) is 4.60. The van der Waals surface area contributed by atoms with Gasteiger partial charge in [-0.05, 0) is 50.1 Å². The van der Waals surface area contributed by atoms with Crippen molar-refractivity contribution >= 4 is 54.9 Å². The number of para-hydroxylation sites is 1. The van der Waals surface area contributed by atoms with Gasteiger partial charge in [-0.2, -0.15) is 9.78 Å². The second-order valence-electron chi connectivity index (χ2n) is 6.90. The van der Waals surface area contributed by atoms with Gasteiger partial charge >= 0.3 is 5.97 Å². The van der Waals surface area contributed by atoms with Crippen molar-refractivity contribution in [2.45, 2.75) is 6.92 Å². The van der Waals surface area contributed by atoms with E-state index in [4.69, 9.17) is 9.47 Å². The number of halogens is 2. The summed E-state index contributed by atoms with van der Waals surface area (Å²) in [6, 6.07) is 18.2. The van der Waals surface area contributed by atoms with E-state index in [0.717, 1.165) is 5.56 Å². The molecular weight excluding hydrogens is 554 g/mol. The number of rotatable bonds is 5. The number of carbonyl (C=O) groups is 1. The van der Waals surface area contributed by atoms with Gasteiger partial charge in [0, 0.05) is 22.5 Å². The molecule has 1 aromatic heterocycles. The predicted molar refractivity (Wildman–Crippen MR) is 134 cm³/mol. The molecule has 1 heterocycles. The van der Waals surface area contributed by atoms with Gasteiger partial charge in [0.05, 0.1) is 28.7 Å². The molecule has 0 saturated heterocycles. The zero-order valence-electron chi connectivity index (χ0n) is 17.6. The Kier molecular flexibility index (Phi) is 6.71. The highest BCUT2D eigenvalue weighted by molar-refractivity contribution is 9.13. The minimum absolute atomic E-state index is 0.239. The molecule has 9 heteroatoms. The molecule has 166 valence electrons. The Morgan fingerprint density at radius 1 is 1.06 bits per heavy atom. The van der Waals surface area contributed by atoms with Crippen LogP contribution in [-0.4, -0.2) is 29.0 Å². The number of fused-ring (bicyclic) bond motifs is 1. The molecule has 0 unspecified atom stereocenters. The van der Waals surface area contributed by atoms with Crippen molar-refractivity contribution in [3.63, 3.8) is 0 Å². The first-order valence-corrected chi connectivity index (χ1v) is 11.3. The van der Waals surface area contributed by atoms with E-state index in [0.29, 0.717) is 37.0 Å². The van der Waals surface area contributed by atoms with Gasteiger partial charge in [-0.1, -0.05) is 42.5 Å². The molecule has 3 aromatic carbocycles. The van der Waals surface area contributed by atoms with Crippen molar-refractivity contribution in [2.24, 2.45) is 5.10 Å². The molecule has 0 amide bonds. The van der Waals surface area contributed by atoms with E-state index in [2.05, 4.69) is 41.9 Å². The zero-order chi connectivity index (χ0) is 23.5. The Morgan fingerprint density at radius 2 is 1.76 bits per heavy atom. The molecule has 0 aliphatic rings. The SMILES string of the molecule is COc1cc(C=Nn2c(-c3ccccc3)nc3ccccc3c2=O)c(Br)c(Br)c1OC(C)=O. The Labute approximate surface area is 205 Å². The maximum Gasteiger partial charge on any atom is 0.308 e. The molecule has 4 aromatic rings. The first-order chi connectivity index (χ1) is 15.9. The summed E-state index contributed by atoms with van der Waals surface area (Å²) in [5.41, 5.74) is 1.63. The van der Waals surface area contributed by atoms with Crippen LogP contribution < -0.4 is 15.0 Å². The molecule has 0 fully saturated rings. The van der Waals surface area contributed by atoms with E-state index in [1.54, 1.807) is 24.3 Å². The predicted octanol–water partition coefficient (Wildman–Crippen LogP) is 5.40. The van der Waals surface area contributed by atoms with Gasteiger partial charge in [0.1, 0.15) is 0 Å². The van der Waals surface area contributed by atoms with Gasteiger partial charge in [0.2, 0.25) is 0 Å². The van der Waals surface area contributed by atoms with Gasteiger partial charge in [0.15, 0.2) is 17.3 Å². The molecule has 0 saturated carbocycles. The number of aromatic nitrogens is 2. The van der Waals surface area contributed by atoms with Crippen LogP contribution in [0.25, 0.3) is 22.3 Å². The van der Waals surface area contributed by atoms with E-state index in [1.165, 1.54) is 24.9 Å². The van der Waals surface area contributed by atoms with Crippen molar-refractivity contribution in [3.05, 3.63) is 85.5 Å². The highest BCUT2D eigenvalue weighted by Gasteiger charge is 2.18. The third-order valence-corrected chi connectivity index (χ3v) is 6.86. The summed E-state index contributed by atoms with van der Waals surface area (Å²) in [5.74, 6) is 0.496. The van der Waals surface area contributed by atoms with Crippen LogP contribution in [0.5, 0.6) is 11.5 Å². The summed E-state index contributed by atoms with van der Waals surface area (Å²) < 4.78 is 13.0. The quantitative estimate of drug-likeness (QED) is 0.182. The fourth-order valence-electron chi connectivity index (χ4n) is 3.21. The highest BCUT2D eigenvalue weighted by atomic mass is 79.9. The average Bonchev–Trinajstić information content (AvgIpc) is 2.82. The van der Waals surface area contributed by atoms with Crippen LogP contribution in [0, 0.1) is 0 Å². The molecule has 0 aliphatic carbocycles. The van der Waals surface area contributed by atoms with Crippen molar-refractivity contribution in [3.8, 4) is 22.9 Å². The number of methoxy groups -OCH3 is 1. The molecule has 33 heavy (non-hydrogen) atoms. The number of esters is 1. The summed E-state index contributed by atoms with van der Waals surface area (Å²) in [6.07, 6.45) is 1.51. The third-order valence-electron chi connectivity index (χ3n) is 4.72. The monoisotopic (exact) mass is 569 g/mol. The minimum atomic E-state index is -0.483. The van der Waals surface area contributed by atoms with Gasteiger partial charge < -0.3 is 9.47 Å². The second-order valence-corrected chi connectivity index (χ2v) is 8.48. The summed E-state index contributed by atoms with van der Waals surface area (Å²) >= 11 is 6.92. The molecule has 0 N–H and O–H groups in total. The van der Waals surface area contributed by atoms with Crippen LogP contribution in [0.3, 0.4) is 0 Å². The smallest absolute Gasteiger partial charge is 0.308 e. The summed E-state index contributed by atoms with van der Waals surface area (Å²) in [7, 11) is 1.47. The van der Waals surface area contributed by atoms with Crippen LogP contribution in [0.4, 0.5) is 0 Å². The lowest BCUT2D eigenvalue weighted by Gasteiger charge is -2.13. The van der Waals surface area contributed by atoms with E-state index in [9.17, 15) is 9.59 Å². The molecule has 0 aliphatic heterocycles. The fraction of sp³-hybridized carbons (Fsp3) is 0.0833. The maximum atomic E-state index is 13.3. The lowest BCUT2D eigenvalue weighted by Crippen LogP contribution is -2.20. The molecule has 0 radical (unpaired) electrons. The Hall–Kier alpha value is -3.30. The maximum absolute atomic E-state index is 13.3. The Balaban J connectivity index is 1.90. The molecule has 0 bridgehead atoms. The minimum Gasteiger partial charge on any atom is -0.493 e. The first kappa shape index (κ1) is 22.9. The van der Waals surface area contributed by atoms with Crippen molar-refractivity contribution in [2.75, 3.05) is 7.11 Å². The lowest BCUT2D eigenvalue weighted by atomic mass is 10.2. The van der Waals surface area contributed by atoms with Crippen molar-refractivity contribution in [1.29, 1.82) is 0 Å². The first-order valence-electron chi connectivity index (χ1n) is 9.76. The molecule has 0 atom stereocenters. The van der Waals surface area contributed by atoms with Gasteiger partial charge in [-0.3, -0.25) is 9.59 Å². The van der Waals surface area contributed by atoms with E-state index in [-0.39, 0.29) is 11.3 Å². The van der Waals surface area contributed by atoms with Crippen LogP contribution in [0.1, 0.15) is 12.5 Å². The lowest BCUT2D eigenvalue weighted by molar-refractivity contribution is -0.132. The number of hydrogen-bond acceptors (Lipinski definition) is 6. The van der Waals surface area contributed by atoms with Crippen LogP contribution >= 0.6 is 31.9 Å². The van der Waals surface area contributed by atoms with E-state index < -0.39 is 5.97 Å². The number of ether oxygens (including phenoxy) is 2. The van der Waals surface area contributed by atoms with Gasteiger partial charge in [0.25, 0.3) is 5.56 Å². The van der Waals surface area contributed by atoms with Gasteiger partial charge in [-0.25, -0.2) is 4.98 Å². The summed E-state index contributed by atoms with van der Waals surface area (Å²) in [6.45, 7) is 1.30. The molecule has 0 spiro atoms. The number of nitrogens with zero attached hydrogens (tertiary/aromatic N) is 3. The van der Waals surface area contributed by atoms with Gasteiger partial charge in [-0.15, -0.1) is 0 Å². The van der Waals surface area contributed by atoms with Crippen LogP contribution in [0.15, 0.2) is 79.5 Å². The van der Waals surface area contributed by atoms with Crippen molar-refractivity contribution in [1.82, 2.24) is 9.66 Å². The summed E-state index contributed by atoms with van der Waals surface area (Å²) in [4.78, 5) is 29.5. The molecular formula is C24H17Br2N3O4. The molecule has 7 nitrogen and oxygen atoms in total. The van der Waals surface area contributed by atoms with Crippen molar-refractivity contribution < 1.29 is 14.3 Å². The fourth-order valence-corrected chi connectivity index (χ4v) is 4.12. The molecule has 4 rings (SSSR count). The van der Waals surface area contributed by atoms with Crippen LogP contribution in [0.2, 0.25) is 0 Å². The second kappa shape index (κ2) is 9.68. The van der Waals surface area contributed by atoms with E-state index in [1.807, 2.05) is 36.4 Å². The van der Waals surface area contributed by atoms with Crippen LogP contribution in [-0.2, 0) is 4.79 Å². The number of benzene rings is 3. The average molecular weight is 571 g/mol. The standard InChI is InChI=1S/C24H17Br2N3O4/c1-14(30)33-22-19(32-2)12-16(20(25)21(22)26)13-27-29-23(15-8-4-3-5-9-15)28-18-11-7-6-10-17(18)24(29)31/h3-13H,1-2H3. The topological polar surface area (TPSA) is 82.8 Å². The van der Waals surface area contributed by atoms with E-state index >= 15 is 0 Å². The highest BCUT2D eigenvalue weighted by Crippen LogP contribution is 2.42. The Morgan fingerprint density at radius 3 is 2.45 bits per heavy atom. The Bertz CT molecular complexity index is 1450. The number of hydrogen-bond donors (Lipinski definition) is 0. The zero-order valence-corrected chi connectivity index (χ0v) is 20.8. The normalized spacial score (nSPS) is 11.2. The summed E-state index contributed by atoms with van der Waals surface area (Å²) in [5, 5.41) is 4.93. The largest absolute Gasteiger partial charge is 0.493 e.